The zero-order valence-electron chi connectivity index (χ0n) is 8.59. The second-order valence-corrected chi connectivity index (χ2v) is 5.29. The highest BCUT2D eigenvalue weighted by molar-refractivity contribution is 7.99. The fourth-order valence-corrected chi connectivity index (χ4v) is 2.53. The minimum atomic E-state index is 0.739. The predicted octanol–water partition coefficient (Wildman–Crippen LogP) is 4.06. The van der Waals surface area contributed by atoms with E-state index in [2.05, 4.69) is 13.8 Å². The third-order valence-electron chi connectivity index (χ3n) is 1.93. The molecule has 0 unspecified atom stereocenters. The molecule has 0 aliphatic heterocycles. The molecule has 1 rings (SSSR count). The lowest BCUT2D eigenvalue weighted by Crippen LogP contribution is -1.92. The Labute approximate surface area is 95.0 Å². The summed E-state index contributed by atoms with van der Waals surface area (Å²) < 4.78 is 0. The molecule has 0 saturated carbocycles. The zero-order chi connectivity index (χ0) is 10.6. The molecule has 0 saturated heterocycles. The molecule has 1 aromatic rings. The van der Waals surface area contributed by atoms with Crippen molar-refractivity contribution in [1.29, 1.82) is 0 Å². The number of anilines is 1. The van der Waals surface area contributed by atoms with Gasteiger partial charge in [-0.3, -0.25) is 0 Å². The largest absolute Gasteiger partial charge is 0.398 e. The van der Waals surface area contributed by atoms with Gasteiger partial charge in [0.05, 0.1) is 0 Å². The average molecular weight is 230 g/mol. The standard InChI is InChI=1S/C11H16ClNS/c1-8(2)5-6-14-11-7-9(12)3-4-10(11)13/h3-4,7-8H,5-6,13H2,1-2H3. The quantitative estimate of drug-likeness (QED) is 0.623. The Balaban J connectivity index is 2.53. The lowest BCUT2D eigenvalue weighted by atomic mass is 10.2. The van der Waals surface area contributed by atoms with Gasteiger partial charge >= 0.3 is 0 Å². The normalized spacial score (nSPS) is 10.9. The summed E-state index contributed by atoms with van der Waals surface area (Å²) >= 11 is 7.67. The third-order valence-corrected chi connectivity index (χ3v) is 3.27. The predicted molar refractivity (Wildman–Crippen MR) is 66.0 cm³/mol. The van der Waals surface area contributed by atoms with Gasteiger partial charge in [0.15, 0.2) is 0 Å². The van der Waals surface area contributed by atoms with E-state index in [0.717, 1.165) is 27.3 Å². The summed E-state index contributed by atoms with van der Waals surface area (Å²) in [6, 6.07) is 5.62. The molecule has 14 heavy (non-hydrogen) atoms. The number of thioether (sulfide) groups is 1. The zero-order valence-corrected chi connectivity index (χ0v) is 10.2. The molecule has 78 valence electrons. The Morgan fingerprint density at radius 2 is 2.14 bits per heavy atom. The lowest BCUT2D eigenvalue weighted by molar-refractivity contribution is 0.632. The van der Waals surface area contributed by atoms with Crippen LogP contribution in [0.4, 0.5) is 5.69 Å². The van der Waals surface area contributed by atoms with Crippen LogP contribution in [-0.2, 0) is 0 Å². The molecule has 0 aromatic heterocycles. The number of nitrogens with two attached hydrogens (primary N) is 1. The summed E-state index contributed by atoms with van der Waals surface area (Å²) in [5.41, 5.74) is 6.65. The Morgan fingerprint density at radius 1 is 1.43 bits per heavy atom. The molecule has 0 heterocycles. The number of nitrogen functional groups attached to an aromatic ring is 1. The molecule has 0 amide bonds. The molecule has 3 heteroatoms. The number of hydrogen-bond donors (Lipinski definition) is 1. The van der Waals surface area contributed by atoms with E-state index in [1.807, 2.05) is 18.2 Å². The molecular weight excluding hydrogens is 214 g/mol. The minimum Gasteiger partial charge on any atom is -0.398 e. The molecule has 0 aliphatic carbocycles. The average Bonchev–Trinajstić information content (AvgIpc) is 2.10. The summed E-state index contributed by atoms with van der Waals surface area (Å²) in [5.74, 6) is 1.84. The highest BCUT2D eigenvalue weighted by Gasteiger charge is 2.01. The number of rotatable bonds is 4. The maximum atomic E-state index is 5.89. The first kappa shape index (κ1) is 11.7. The van der Waals surface area contributed by atoms with Crippen LogP contribution in [0.15, 0.2) is 23.1 Å². The van der Waals surface area contributed by atoms with Crippen LogP contribution in [0, 0.1) is 5.92 Å². The third kappa shape index (κ3) is 3.81. The lowest BCUT2D eigenvalue weighted by Gasteiger charge is -2.07. The van der Waals surface area contributed by atoms with E-state index in [1.54, 1.807) is 11.8 Å². The topological polar surface area (TPSA) is 26.0 Å². The van der Waals surface area contributed by atoms with Crippen molar-refractivity contribution in [3.05, 3.63) is 23.2 Å². The van der Waals surface area contributed by atoms with Crippen LogP contribution < -0.4 is 5.73 Å². The minimum absolute atomic E-state index is 0.739. The van der Waals surface area contributed by atoms with Crippen molar-refractivity contribution < 1.29 is 0 Å². The van der Waals surface area contributed by atoms with Crippen molar-refractivity contribution in [2.24, 2.45) is 5.92 Å². The number of hydrogen-bond acceptors (Lipinski definition) is 2. The first-order chi connectivity index (χ1) is 6.59. The van der Waals surface area contributed by atoms with Crippen molar-refractivity contribution in [2.45, 2.75) is 25.2 Å². The van der Waals surface area contributed by atoms with Crippen molar-refractivity contribution in [2.75, 3.05) is 11.5 Å². The first-order valence-electron chi connectivity index (χ1n) is 4.77. The molecule has 0 atom stereocenters. The highest BCUT2D eigenvalue weighted by atomic mass is 35.5. The van der Waals surface area contributed by atoms with Crippen LogP contribution >= 0.6 is 23.4 Å². The molecule has 0 fully saturated rings. The maximum absolute atomic E-state index is 5.89. The van der Waals surface area contributed by atoms with E-state index in [1.165, 1.54) is 6.42 Å². The van der Waals surface area contributed by atoms with Gasteiger partial charge in [-0.15, -0.1) is 11.8 Å². The van der Waals surface area contributed by atoms with Crippen molar-refractivity contribution in [3.63, 3.8) is 0 Å². The van der Waals surface area contributed by atoms with Crippen LogP contribution in [0.3, 0.4) is 0 Å². The van der Waals surface area contributed by atoms with E-state index < -0.39 is 0 Å². The Morgan fingerprint density at radius 3 is 2.79 bits per heavy atom. The maximum Gasteiger partial charge on any atom is 0.0453 e. The summed E-state index contributed by atoms with van der Waals surface area (Å²) in [5, 5.41) is 0.756. The van der Waals surface area contributed by atoms with Gasteiger partial charge in [0, 0.05) is 15.6 Å². The summed E-state index contributed by atoms with van der Waals surface area (Å²) in [6.07, 6.45) is 1.20. The fourth-order valence-electron chi connectivity index (χ4n) is 1.04. The molecule has 0 bridgehead atoms. The van der Waals surface area contributed by atoms with Gasteiger partial charge in [0.25, 0.3) is 0 Å². The molecule has 1 aromatic carbocycles. The van der Waals surface area contributed by atoms with E-state index in [0.29, 0.717) is 0 Å². The van der Waals surface area contributed by atoms with Gasteiger partial charge in [-0.05, 0) is 36.3 Å². The van der Waals surface area contributed by atoms with Gasteiger partial charge in [0.1, 0.15) is 0 Å². The van der Waals surface area contributed by atoms with Crippen LogP contribution in [0.1, 0.15) is 20.3 Å². The highest BCUT2D eigenvalue weighted by Crippen LogP contribution is 2.28. The fraction of sp³-hybridized carbons (Fsp3) is 0.455. The first-order valence-corrected chi connectivity index (χ1v) is 6.14. The Bertz CT molecular complexity index is 299. The van der Waals surface area contributed by atoms with Crippen LogP contribution in [0.5, 0.6) is 0 Å². The second kappa shape index (κ2) is 5.52. The summed E-state index contributed by atoms with van der Waals surface area (Å²) in [4.78, 5) is 1.10. The van der Waals surface area contributed by atoms with E-state index >= 15 is 0 Å². The second-order valence-electron chi connectivity index (χ2n) is 3.71. The van der Waals surface area contributed by atoms with Crippen LogP contribution in [-0.4, -0.2) is 5.75 Å². The SMILES string of the molecule is CC(C)CCSc1cc(Cl)ccc1N. The molecule has 2 N–H and O–H groups in total. The summed E-state index contributed by atoms with van der Waals surface area (Å²) in [6.45, 7) is 4.45. The van der Waals surface area contributed by atoms with E-state index in [4.69, 9.17) is 17.3 Å². The molecule has 0 radical (unpaired) electrons. The van der Waals surface area contributed by atoms with Crippen molar-refractivity contribution in [1.82, 2.24) is 0 Å². The van der Waals surface area contributed by atoms with Crippen LogP contribution in [0.2, 0.25) is 5.02 Å². The summed E-state index contributed by atoms with van der Waals surface area (Å²) in [7, 11) is 0. The Hall–Kier alpha value is -0.340. The van der Waals surface area contributed by atoms with E-state index in [9.17, 15) is 0 Å². The van der Waals surface area contributed by atoms with Gasteiger partial charge in [-0.1, -0.05) is 25.4 Å². The molecule has 0 aliphatic rings. The Kier molecular flexibility index (Phi) is 4.63. The molecule has 0 spiro atoms. The van der Waals surface area contributed by atoms with Gasteiger partial charge < -0.3 is 5.73 Å². The molecular formula is C11H16ClNS. The van der Waals surface area contributed by atoms with Gasteiger partial charge in [-0.2, -0.15) is 0 Å². The van der Waals surface area contributed by atoms with Crippen molar-refractivity contribution >= 4 is 29.1 Å². The van der Waals surface area contributed by atoms with Gasteiger partial charge in [0.2, 0.25) is 0 Å². The number of benzene rings is 1. The molecule has 1 nitrogen and oxygen atoms in total. The number of halogens is 1. The van der Waals surface area contributed by atoms with Crippen molar-refractivity contribution in [3.8, 4) is 0 Å². The van der Waals surface area contributed by atoms with Gasteiger partial charge in [-0.25, -0.2) is 0 Å². The van der Waals surface area contributed by atoms with Crippen LogP contribution in [0.25, 0.3) is 0 Å². The monoisotopic (exact) mass is 229 g/mol. The van der Waals surface area contributed by atoms with E-state index in [-0.39, 0.29) is 0 Å². The smallest absolute Gasteiger partial charge is 0.0453 e.